The molecule has 0 spiro atoms. The van der Waals surface area contributed by atoms with E-state index in [0.29, 0.717) is 45.3 Å². The first-order valence-corrected chi connectivity index (χ1v) is 10.9. The van der Waals surface area contributed by atoms with Crippen molar-refractivity contribution in [3.8, 4) is 5.82 Å². The molecule has 2 amide bonds. The molecule has 3 heterocycles. The highest BCUT2D eigenvalue weighted by atomic mass is 16.2. The molecule has 8 nitrogen and oxygen atoms in total. The molecule has 0 radical (unpaired) electrons. The van der Waals surface area contributed by atoms with Crippen molar-refractivity contribution < 1.29 is 9.59 Å². The molecule has 1 fully saturated rings. The number of carbonyl (C=O) groups is 2. The van der Waals surface area contributed by atoms with Gasteiger partial charge in [-0.05, 0) is 56.2 Å². The molecule has 1 N–H and O–H groups in total. The highest BCUT2D eigenvalue weighted by molar-refractivity contribution is 6.13. The van der Waals surface area contributed by atoms with Crippen LogP contribution in [0.3, 0.4) is 0 Å². The van der Waals surface area contributed by atoms with E-state index in [4.69, 9.17) is 4.98 Å². The summed E-state index contributed by atoms with van der Waals surface area (Å²) in [6.07, 6.45) is 3.83. The van der Waals surface area contributed by atoms with Gasteiger partial charge in [0.05, 0.1) is 16.6 Å². The van der Waals surface area contributed by atoms with Gasteiger partial charge in [0.25, 0.3) is 11.8 Å². The maximum Gasteiger partial charge on any atom is 0.256 e. The van der Waals surface area contributed by atoms with Crippen LogP contribution in [0.2, 0.25) is 0 Å². The second kappa shape index (κ2) is 8.12. The van der Waals surface area contributed by atoms with Crippen molar-refractivity contribution in [2.24, 2.45) is 0 Å². The fourth-order valence-corrected chi connectivity index (χ4v) is 3.90. The van der Waals surface area contributed by atoms with Crippen LogP contribution in [0.4, 0.5) is 5.69 Å². The summed E-state index contributed by atoms with van der Waals surface area (Å²) in [5, 5.41) is 8.30. The summed E-state index contributed by atoms with van der Waals surface area (Å²) >= 11 is 0. The van der Waals surface area contributed by atoms with Crippen LogP contribution in [0.25, 0.3) is 16.9 Å². The van der Waals surface area contributed by atoms with Gasteiger partial charge in [0.1, 0.15) is 0 Å². The van der Waals surface area contributed by atoms with Crippen molar-refractivity contribution in [2.45, 2.75) is 25.7 Å². The van der Waals surface area contributed by atoms with Gasteiger partial charge in [0, 0.05) is 43.2 Å². The molecule has 33 heavy (non-hydrogen) atoms. The predicted octanol–water partition coefficient (Wildman–Crippen LogP) is 3.96. The summed E-state index contributed by atoms with van der Waals surface area (Å²) < 4.78 is 1.70. The average molecular weight is 441 g/mol. The molecule has 166 valence electrons. The van der Waals surface area contributed by atoms with Gasteiger partial charge < -0.3 is 10.2 Å². The summed E-state index contributed by atoms with van der Waals surface area (Å²) in [5.41, 5.74) is 3.80. The number of benzene rings is 1. The van der Waals surface area contributed by atoms with E-state index in [0.717, 1.165) is 18.5 Å². The fourth-order valence-electron chi connectivity index (χ4n) is 3.90. The third kappa shape index (κ3) is 3.95. The number of amides is 2. The second-order valence-corrected chi connectivity index (χ2v) is 8.49. The zero-order chi connectivity index (χ0) is 23.1. The Labute approximate surface area is 191 Å². The fraction of sp³-hybridized carbons (Fsp3) is 0.240. The van der Waals surface area contributed by atoms with Crippen LogP contribution in [0, 0.1) is 6.92 Å². The number of nitrogens with one attached hydrogen (secondary N) is 1. The second-order valence-electron chi connectivity index (χ2n) is 8.49. The van der Waals surface area contributed by atoms with Gasteiger partial charge in [-0.15, -0.1) is 0 Å². The third-order valence-electron chi connectivity index (χ3n) is 5.71. The van der Waals surface area contributed by atoms with Gasteiger partial charge >= 0.3 is 0 Å². The number of hydrogen-bond acceptors (Lipinski definition) is 5. The summed E-state index contributed by atoms with van der Waals surface area (Å²) in [4.78, 5) is 36.6. The summed E-state index contributed by atoms with van der Waals surface area (Å²) in [6.45, 7) is 1.87. The highest BCUT2D eigenvalue weighted by Crippen LogP contribution is 2.40. The normalized spacial score (nSPS) is 13.2. The Bertz CT molecular complexity index is 1370. The Kier molecular flexibility index (Phi) is 5.12. The van der Waals surface area contributed by atoms with Crippen LogP contribution < -0.4 is 5.32 Å². The largest absolute Gasteiger partial charge is 0.345 e. The number of hydrogen-bond donors (Lipinski definition) is 1. The van der Waals surface area contributed by atoms with E-state index >= 15 is 0 Å². The van der Waals surface area contributed by atoms with E-state index in [1.807, 2.05) is 31.2 Å². The average Bonchev–Trinajstić information content (AvgIpc) is 3.62. The van der Waals surface area contributed by atoms with Crippen LogP contribution in [0.15, 0.2) is 54.7 Å². The first kappa shape index (κ1) is 20.8. The summed E-state index contributed by atoms with van der Waals surface area (Å²) in [7, 11) is 3.39. The minimum Gasteiger partial charge on any atom is -0.345 e. The van der Waals surface area contributed by atoms with Gasteiger partial charge in [0.15, 0.2) is 11.5 Å². The van der Waals surface area contributed by atoms with Crippen LogP contribution in [0.1, 0.15) is 50.9 Å². The van der Waals surface area contributed by atoms with E-state index in [9.17, 15) is 9.59 Å². The molecule has 5 rings (SSSR count). The smallest absolute Gasteiger partial charge is 0.256 e. The van der Waals surface area contributed by atoms with Crippen molar-refractivity contribution in [3.63, 3.8) is 0 Å². The number of fused-ring (bicyclic) bond motifs is 1. The molecule has 8 heteroatoms. The molecule has 1 aromatic carbocycles. The first-order valence-electron chi connectivity index (χ1n) is 10.9. The number of carbonyl (C=O) groups excluding carboxylic acids is 2. The SMILES string of the molecule is Cc1nn(-c2ccccn2)c2nc(C3CC3)cc(C(=O)Nc3cccc(C(=O)N(C)C)c3)c12. The van der Waals surface area contributed by atoms with Gasteiger partial charge in [-0.25, -0.2) is 9.97 Å². The molecule has 0 bridgehead atoms. The Hall–Kier alpha value is -4.07. The molecule has 4 aromatic rings. The number of aryl methyl sites for hydroxylation is 1. The minimum atomic E-state index is -0.262. The van der Waals surface area contributed by atoms with Crippen LogP contribution in [-0.2, 0) is 0 Å². The third-order valence-corrected chi connectivity index (χ3v) is 5.71. The van der Waals surface area contributed by atoms with Crippen molar-refractivity contribution in [1.29, 1.82) is 0 Å². The molecular formula is C25H24N6O2. The Morgan fingerprint density at radius 2 is 1.91 bits per heavy atom. The molecule has 0 saturated heterocycles. The zero-order valence-corrected chi connectivity index (χ0v) is 18.7. The van der Waals surface area contributed by atoms with E-state index in [1.165, 1.54) is 4.90 Å². The number of aromatic nitrogens is 4. The maximum absolute atomic E-state index is 13.4. The molecule has 0 aliphatic heterocycles. The molecule has 0 atom stereocenters. The summed E-state index contributed by atoms with van der Waals surface area (Å²) in [5.74, 6) is 0.620. The number of rotatable bonds is 5. The number of pyridine rings is 2. The standard InChI is InChI=1S/C25H24N6O2/c1-15-22-19(24(32)27-18-8-6-7-17(13-18)25(33)30(2)3)14-20(16-10-11-16)28-23(22)31(29-15)21-9-4-5-12-26-21/h4-9,12-14,16H,10-11H2,1-3H3,(H,27,32). The molecule has 1 aliphatic carbocycles. The van der Waals surface area contributed by atoms with E-state index in [1.54, 1.807) is 49.2 Å². The quantitative estimate of drug-likeness (QED) is 0.507. The summed E-state index contributed by atoms with van der Waals surface area (Å²) in [6, 6.07) is 14.4. The van der Waals surface area contributed by atoms with Gasteiger partial charge in [-0.3, -0.25) is 9.59 Å². The monoisotopic (exact) mass is 440 g/mol. The zero-order valence-electron chi connectivity index (χ0n) is 18.7. The van der Waals surface area contributed by atoms with Gasteiger partial charge in [0.2, 0.25) is 0 Å². The van der Waals surface area contributed by atoms with Crippen molar-refractivity contribution in [3.05, 3.63) is 77.2 Å². The minimum absolute atomic E-state index is 0.124. The lowest BCUT2D eigenvalue weighted by Gasteiger charge is -2.12. The van der Waals surface area contributed by atoms with Crippen LogP contribution >= 0.6 is 0 Å². The van der Waals surface area contributed by atoms with Crippen LogP contribution in [0.5, 0.6) is 0 Å². The van der Waals surface area contributed by atoms with E-state index in [2.05, 4.69) is 15.4 Å². The van der Waals surface area contributed by atoms with Crippen molar-refractivity contribution >= 4 is 28.5 Å². The van der Waals surface area contributed by atoms with Crippen molar-refractivity contribution in [1.82, 2.24) is 24.6 Å². The molecule has 0 unspecified atom stereocenters. The number of nitrogens with zero attached hydrogens (tertiary/aromatic N) is 5. The number of anilines is 1. The molecule has 3 aromatic heterocycles. The Morgan fingerprint density at radius 3 is 2.61 bits per heavy atom. The van der Waals surface area contributed by atoms with Crippen molar-refractivity contribution in [2.75, 3.05) is 19.4 Å². The molecular weight excluding hydrogens is 416 g/mol. The lowest BCUT2D eigenvalue weighted by Crippen LogP contribution is -2.22. The highest BCUT2D eigenvalue weighted by Gasteiger charge is 2.29. The van der Waals surface area contributed by atoms with E-state index in [-0.39, 0.29) is 11.8 Å². The lowest BCUT2D eigenvalue weighted by atomic mass is 10.1. The first-order chi connectivity index (χ1) is 15.9. The lowest BCUT2D eigenvalue weighted by molar-refractivity contribution is 0.0827. The Morgan fingerprint density at radius 1 is 1.09 bits per heavy atom. The van der Waals surface area contributed by atoms with Gasteiger partial charge in [-0.1, -0.05) is 12.1 Å². The van der Waals surface area contributed by atoms with Crippen LogP contribution in [-0.4, -0.2) is 50.6 Å². The van der Waals surface area contributed by atoms with E-state index < -0.39 is 0 Å². The molecule has 1 saturated carbocycles. The Balaban J connectivity index is 1.58. The molecule has 1 aliphatic rings. The maximum atomic E-state index is 13.4. The topological polar surface area (TPSA) is 93.0 Å². The predicted molar refractivity (Wildman–Crippen MR) is 126 cm³/mol. The van der Waals surface area contributed by atoms with Gasteiger partial charge in [-0.2, -0.15) is 9.78 Å².